The summed E-state index contributed by atoms with van der Waals surface area (Å²) in [5.41, 5.74) is 0.106. The average Bonchev–Trinajstić information content (AvgIpc) is 2.78. The van der Waals surface area contributed by atoms with E-state index in [0.29, 0.717) is 18.8 Å². The molecular formula is C20H27N3O7S2. The highest BCUT2D eigenvalue weighted by Crippen LogP contribution is 2.29. The average molecular weight is 486 g/mol. The number of ether oxygens (including phenoxy) is 2. The van der Waals surface area contributed by atoms with Crippen molar-refractivity contribution in [3.05, 3.63) is 42.5 Å². The van der Waals surface area contributed by atoms with Crippen molar-refractivity contribution in [2.24, 2.45) is 0 Å². The van der Waals surface area contributed by atoms with Gasteiger partial charge in [0.25, 0.3) is 0 Å². The van der Waals surface area contributed by atoms with Crippen molar-refractivity contribution in [3.8, 4) is 11.5 Å². The molecule has 2 aromatic carbocycles. The molecule has 0 aliphatic rings. The fraction of sp³-hybridized carbons (Fsp3) is 0.350. The van der Waals surface area contributed by atoms with Gasteiger partial charge in [0.2, 0.25) is 26.0 Å². The van der Waals surface area contributed by atoms with Gasteiger partial charge in [-0.3, -0.25) is 4.79 Å². The van der Waals surface area contributed by atoms with Gasteiger partial charge in [-0.2, -0.15) is 4.31 Å². The Hall–Kier alpha value is -2.67. The van der Waals surface area contributed by atoms with Crippen molar-refractivity contribution in [1.82, 2.24) is 9.03 Å². The molecule has 12 heteroatoms. The van der Waals surface area contributed by atoms with E-state index in [-0.39, 0.29) is 21.2 Å². The Morgan fingerprint density at radius 2 is 1.50 bits per heavy atom. The number of carbonyl (C=O) groups is 1. The first-order valence-electron chi connectivity index (χ1n) is 9.70. The van der Waals surface area contributed by atoms with E-state index in [1.807, 2.05) is 0 Å². The second-order valence-corrected chi connectivity index (χ2v) is 10.2. The van der Waals surface area contributed by atoms with Gasteiger partial charge in [-0.1, -0.05) is 13.8 Å². The fourth-order valence-corrected chi connectivity index (χ4v) is 5.32. The SMILES string of the molecule is CCN(CC)S(=O)(=O)c1ccc(OC)c(NC(=O)CNS(=O)(=O)c2ccc(OC)cc2)c1. The predicted molar refractivity (Wildman–Crippen MR) is 120 cm³/mol. The molecule has 32 heavy (non-hydrogen) atoms. The summed E-state index contributed by atoms with van der Waals surface area (Å²) < 4.78 is 64.0. The third kappa shape index (κ3) is 5.97. The summed E-state index contributed by atoms with van der Waals surface area (Å²) >= 11 is 0. The highest BCUT2D eigenvalue weighted by molar-refractivity contribution is 7.89. The zero-order chi connectivity index (χ0) is 23.9. The fourth-order valence-electron chi connectivity index (χ4n) is 2.85. The van der Waals surface area contributed by atoms with E-state index in [1.54, 1.807) is 13.8 Å². The summed E-state index contributed by atoms with van der Waals surface area (Å²) in [6, 6.07) is 9.76. The van der Waals surface area contributed by atoms with E-state index in [1.165, 1.54) is 61.0 Å². The molecule has 10 nitrogen and oxygen atoms in total. The van der Waals surface area contributed by atoms with E-state index in [0.717, 1.165) is 0 Å². The number of hydrogen-bond donors (Lipinski definition) is 2. The molecule has 1 amide bonds. The van der Waals surface area contributed by atoms with Crippen LogP contribution in [0.1, 0.15) is 13.8 Å². The van der Waals surface area contributed by atoms with E-state index in [2.05, 4.69) is 10.0 Å². The van der Waals surface area contributed by atoms with Crippen molar-refractivity contribution < 1.29 is 31.1 Å². The lowest BCUT2D eigenvalue weighted by atomic mass is 10.3. The first-order valence-corrected chi connectivity index (χ1v) is 12.6. The molecule has 2 aromatic rings. The van der Waals surface area contributed by atoms with Crippen LogP contribution in [0, 0.1) is 0 Å². The van der Waals surface area contributed by atoms with Gasteiger partial charge in [0, 0.05) is 13.1 Å². The molecular weight excluding hydrogens is 458 g/mol. The first-order chi connectivity index (χ1) is 15.1. The van der Waals surface area contributed by atoms with Crippen molar-refractivity contribution in [3.63, 3.8) is 0 Å². The number of benzene rings is 2. The Morgan fingerprint density at radius 3 is 2.03 bits per heavy atom. The van der Waals surface area contributed by atoms with Gasteiger partial charge in [-0.25, -0.2) is 21.6 Å². The van der Waals surface area contributed by atoms with Crippen molar-refractivity contribution in [2.45, 2.75) is 23.6 Å². The molecule has 0 saturated carbocycles. The van der Waals surface area contributed by atoms with Gasteiger partial charge >= 0.3 is 0 Å². The number of hydrogen-bond acceptors (Lipinski definition) is 7. The van der Waals surface area contributed by atoms with Crippen molar-refractivity contribution in [1.29, 1.82) is 0 Å². The third-order valence-corrected chi connectivity index (χ3v) is 8.04. The third-order valence-electron chi connectivity index (χ3n) is 4.58. The molecule has 0 atom stereocenters. The standard InChI is InChI=1S/C20H27N3O7S2/c1-5-23(6-2)32(27,28)17-11-12-19(30-4)18(13-17)22-20(24)14-21-31(25,26)16-9-7-15(29-3)8-10-16/h7-13,21H,5-6,14H2,1-4H3,(H,22,24). The Kier molecular flexibility index (Phi) is 8.61. The number of amides is 1. The molecule has 0 aliphatic heterocycles. The quantitative estimate of drug-likeness (QED) is 0.495. The first kappa shape index (κ1) is 25.6. The number of anilines is 1. The Bertz CT molecular complexity index is 1140. The minimum atomic E-state index is -3.94. The Labute approximate surface area is 188 Å². The van der Waals surface area contributed by atoms with Gasteiger partial charge in [0.15, 0.2) is 0 Å². The number of sulfonamides is 2. The lowest BCUT2D eigenvalue weighted by Gasteiger charge is -2.19. The van der Waals surface area contributed by atoms with Crippen LogP contribution >= 0.6 is 0 Å². The maximum Gasteiger partial charge on any atom is 0.243 e. The molecule has 0 heterocycles. The van der Waals surface area contributed by atoms with Crippen LogP contribution in [0.15, 0.2) is 52.3 Å². The number of nitrogens with zero attached hydrogens (tertiary/aromatic N) is 1. The second kappa shape index (κ2) is 10.8. The van der Waals surface area contributed by atoms with Crippen LogP contribution in [0.5, 0.6) is 11.5 Å². The second-order valence-electron chi connectivity index (χ2n) is 6.50. The molecule has 2 N–H and O–H groups in total. The summed E-state index contributed by atoms with van der Waals surface area (Å²) in [7, 11) is -4.86. The lowest BCUT2D eigenvalue weighted by Crippen LogP contribution is -2.33. The van der Waals surface area contributed by atoms with Gasteiger partial charge in [0.05, 0.1) is 36.2 Å². The highest BCUT2D eigenvalue weighted by Gasteiger charge is 2.23. The minimum absolute atomic E-state index is 0.0175. The molecule has 0 aliphatic carbocycles. The number of methoxy groups -OCH3 is 2. The zero-order valence-electron chi connectivity index (χ0n) is 18.3. The molecule has 0 saturated heterocycles. The topological polar surface area (TPSA) is 131 Å². The molecule has 0 bridgehead atoms. The van der Waals surface area contributed by atoms with E-state index in [4.69, 9.17) is 9.47 Å². The maximum atomic E-state index is 12.8. The highest BCUT2D eigenvalue weighted by atomic mass is 32.2. The zero-order valence-corrected chi connectivity index (χ0v) is 19.9. The smallest absolute Gasteiger partial charge is 0.243 e. The Morgan fingerprint density at radius 1 is 0.906 bits per heavy atom. The van der Waals surface area contributed by atoms with Gasteiger partial charge in [0.1, 0.15) is 11.5 Å². The van der Waals surface area contributed by atoms with E-state index < -0.39 is 32.5 Å². The normalized spacial score (nSPS) is 11.9. The summed E-state index contributed by atoms with van der Waals surface area (Å²) in [5.74, 6) is 0.0287. The van der Waals surface area contributed by atoms with Gasteiger partial charge in [-0.15, -0.1) is 0 Å². The predicted octanol–water partition coefficient (Wildman–Crippen LogP) is 1.65. The van der Waals surface area contributed by atoms with Gasteiger partial charge in [-0.05, 0) is 42.5 Å². The van der Waals surface area contributed by atoms with Crippen LogP contribution in [-0.4, -0.2) is 60.9 Å². The molecule has 0 aromatic heterocycles. The van der Waals surface area contributed by atoms with Gasteiger partial charge < -0.3 is 14.8 Å². The maximum absolute atomic E-state index is 12.8. The summed E-state index contributed by atoms with van der Waals surface area (Å²) in [4.78, 5) is 12.3. The van der Waals surface area contributed by atoms with Crippen LogP contribution in [0.25, 0.3) is 0 Å². The minimum Gasteiger partial charge on any atom is -0.497 e. The molecule has 176 valence electrons. The van der Waals surface area contributed by atoms with Crippen LogP contribution in [0.2, 0.25) is 0 Å². The largest absolute Gasteiger partial charge is 0.497 e. The molecule has 0 spiro atoms. The summed E-state index contributed by atoms with van der Waals surface area (Å²) in [6.45, 7) is 3.47. The number of carbonyl (C=O) groups excluding carboxylic acids is 1. The van der Waals surface area contributed by atoms with Crippen molar-refractivity contribution >= 4 is 31.6 Å². The molecule has 0 fully saturated rings. The summed E-state index contributed by atoms with van der Waals surface area (Å²) in [5, 5.41) is 2.50. The van der Waals surface area contributed by atoms with Crippen LogP contribution in [-0.2, 0) is 24.8 Å². The van der Waals surface area contributed by atoms with E-state index >= 15 is 0 Å². The number of nitrogens with one attached hydrogen (secondary N) is 2. The van der Waals surface area contributed by atoms with Crippen LogP contribution < -0.4 is 19.5 Å². The molecule has 0 unspecified atom stereocenters. The van der Waals surface area contributed by atoms with E-state index in [9.17, 15) is 21.6 Å². The van der Waals surface area contributed by atoms with Crippen molar-refractivity contribution in [2.75, 3.05) is 39.2 Å². The lowest BCUT2D eigenvalue weighted by molar-refractivity contribution is -0.115. The Balaban J connectivity index is 2.18. The molecule has 2 rings (SSSR count). The molecule has 0 radical (unpaired) electrons. The monoisotopic (exact) mass is 485 g/mol. The summed E-state index contributed by atoms with van der Waals surface area (Å²) in [6.07, 6.45) is 0. The van der Waals surface area contributed by atoms with Crippen LogP contribution in [0.3, 0.4) is 0 Å². The number of rotatable bonds is 11. The van der Waals surface area contributed by atoms with Crippen LogP contribution in [0.4, 0.5) is 5.69 Å².